The highest BCUT2D eigenvalue weighted by molar-refractivity contribution is 7.14. The van der Waals surface area contributed by atoms with Crippen LogP contribution in [0.5, 0.6) is 0 Å². The molecular formula is C28H24ClFN4O3S. The van der Waals surface area contributed by atoms with Gasteiger partial charge in [0, 0.05) is 24.0 Å². The first-order valence-electron chi connectivity index (χ1n) is 11.9. The first-order chi connectivity index (χ1) is 18.3. The Kier molecular flexibility index (Phi) is 7.14. The lowest BCUT2D eigenvalue weighted by Gasteiger charge is -2.24. The Morgan fingerprint density at radius 1 is 1.05 bits per heavy atom. The zero-order valence-corrected chi connectivity index (χ0v) is 22.3. The predicted octanol–water partition coefficient (Wildman–Crippen LogP) is 5.22. The van der Waals surface area contributed by atoms with Crippen LogP contribution in [0.4, 0.5) is 4.39 Å². The number of hydrogen-bond acceptors (Lipinski definition) is 5. The van der Waals surface area contributed by atoms with Gasteiger partial charge in [-0.2, -0.15) is 5.10 Å². The van der Waals surface area contributed by atoms with Crippen molar-refractivity contribution in [2.75, 3.05) is 6.54 Å². The van der Waals surface area contributed by atoms with Crippen LogP contribution in [0.2, 0.25) is 5.02 Å². The monoisotopic (exact) mass is 550 g/mol. The molecule has 0 unspecified atom stereocenters. The molecule has 1 aliphatic heterocycles. The number of hydrogen-bond donors (Lipinski definition) is 1. The summed E-state index contributed by atoms with van der Waals surface area (Å²) in [5.74, 6) is -1.14. The van der Waals surface area contributed by atoms with E-state index in [1.54, 1.807) is 66.5 Å². The molecular weight excluding hydrogens is 527 g/mol. The highest BCUT2D eigenvalue weighted by Crippen LogP contribution is 2.35. The summed E-state index contributed by atoms with van der Waals surface area (Å²) in [6.07, 6.45) is 1.86. The standard InChI is InChI=1S/C28H24ClFN4O3S/c1-16-22(25-23(29)14-31-33(25)2)12-24(38-16)26(35)32-19(11-17-6-5-7-18(10-17)13-30)15-34-27(36)20-8-3-4-9-21(20)28(34)37/h3-10,12,14,19H,11,13,15H2,1-2H3,(H,32,35)/t19-/m0/s1. The van der Waals surface area contributed by atoms with E-state index in [0.717, 1.165) is 20.9 Å². The summed E-state index contributed by atoms with van der Waals surface area (Å²) in [5, 5.41) is 7.67. The fraction of sp³-hybridized carbons (Fsp3) is 0.214. The molecule has 38 heavy (non-hydrogen) atoms. The van der Waals surface area contributed by atoms with Gasteiger partial charge in [0.2, 0.25) is 0 Å². The van der Waals surface area contributed by atoms with E-state index in [4.69, 9.17) is 11.6 Å². The largest absolute Gasteiger partial charge is 0.346 e. The molecule has 0 fully saturated rings. The van der Waals surface area contributed by atoms with Crippen LogP contribution in [-0.4, -0.2) is 45.0 Å². The Morgan fingerprint density at radius 2 is 1.74 bits per heavy atom. The molecule has 0 spiro atoms. The molecule has 0 aliphatic carbocycles. The van der Waals surface area contributed by atoms with Crippen LogP contribution in [0.15, 0.2) is 60.8 Å². The lowest BCUT2D eigenvalue weighted by molar-refractivity contribution is 0.0629. The van der Waals surface area contributed by atoms with Crippen LogP contribution in [0.25, 0.3) is 11.3 Å². The number of fused-ring (bicyclic) bond motifs is 1. The molecule has 10 heteroatoms. The first kappa shape index (κ1) is 25.8. The molecule has 4 aromatic rings. The normalized spacial score (nSPS) is 13.6. The molecule has 194 valence electrons. The molecule has 2 aromatic heterocycles. The van der Waals surface area contributed by atoms with Crippen LogP contribution < -0.4 is 5.32 Å². The Bertz CT molecular complexity index is 1510. The maximum absolute atomic E-state index is 13.4. The number of aromatic nitrogens is 2. The van der Waals surface area contributed by atoms with Gasteiger partial charge in [0.05, 0.1) is 39.0 Å². The molecule has 0 radical (unpaired) electrons. The van der Waals surface area contributed by atoms with Crippen molar-refractivity contribution < 1.29 is 18.8 Å². The maximum atomic E-state index is 13.4. The number of halogens is 2. The Labute approximate surface area is 227 Å². The lowest BCUT2D eigenvalue weighted by Crippen LogP contribution is -2.46. The van der Waals surface area contributed by atoms with Crippen molar-refractivity contribution in [1.29, 1.82) is 0 Å². The van der Waals surface area contributed by atoms with Crippen molar-refractivity contribution in [2.24, 2.45) is 7.05 Å². The van der Waals surface area contributed by atoms with Gasteiger partial charge < -0.3 is 5.32 Å². The van der Waals surface area contributed by atoms with Gasteiger partial charge in [-0.3, -0.25) is 24.0 Å². The minimum absolute atomic E-state index is 0.0251. The molecule has 3 heterocycles. The van der Waals surface area contributed by atoms with Crippen molar-refractivity contribution in [3.05, 3.63) is 97.8 Å². The molecule has 1 N–H and O–H groups in total. The number of rotatable bonds is 8. The summed E-state index contributed by atoms with van der Waals surface area (Å²) in [4.78, 5) is 42.0. The average molecular weight is 551 g/mol. The second kappa shape index (κ2) is 10.5. The van der Waals surface area contributed by atoms with Crippen LogP contribution in [0.3, 0.4) is 0 Å². The van der Waals surface area contributed by atoms with Crippen LogP contribution in [-0.2, 0) is 20.1 Å². The van der Waals surface area contributed by atoms with Gasteiger partial charge in [-0.15, -0.1) is 11.3 Å². The van der Waals surface area contributed by atoms with Crippen LogP contribution in [0, 0.1) is 6.92 Å². The molecule has 1 atom stereocenters. The van der Waals surface area contributed by atoms with Gasteiger partial charge >= 0.3 is 0 Å². The van der Waals surface area contributed by atoms with Gasteiger partial charge in [-0.05, 0) is 42.7 Å². The van der Waals surface area contributed by atoms with E-state index in [0.29, 0.717) is 38.7 Å². The Morgan fingerprint density at radius 3 is 2.37 bits per heavy atom. The summed E-state index contributed by atoms with van der Waals surface area (Å²) in [7, 11) is 1.78. The second-order valence-electron chi connectivity index (χ2n) is 9.14. The number of aryl methyl sites for hydroxylation is 2. The van der Waals surface area contributed by atoms with Crippen LogP contribution in [0.1, 0.15) is 46.4 Å². The number of benzene rings is 2. The zero-order valence-electron chi connectivity index (χ0n) is 20.7. The molecule has 0 saturated heterocycles. The summed E-state index contributed by atoms with van der Waals surface area (Å²) >= 11 is 7.64. The Hall–Kier alpha value is -3.82. The third-order valence-electron chi connectivity index (χ3n) is 6.53. The van der Waals surface area contributed by atoms with E-state index in [1.807, 2.05) is 13.0 Å². The second-order valence-corrected chi connectivity index (χ2v) is 10.8. The number of alkyl halides is 1. The highest BCUT2D eigenvalue weighted by Gasteiger charge is 2.36. The molecule has 5 rings (SSSR count). The summed E-state index contributed by atoms with van der Waals surface area (Å²) < 4.78 is 14.9. The quantitative estimate of drug-likeness (QED) is 0.305. The van der Waals surface area contributed by atoms with Crippen molar-refractivity contribution in [1.82, 2.24) is 20.0 Å². The molecule has 3 amide bonds. The minimum Gasteiger partial charge on any atom is -0.346 e. The van der Waals surface area contributed by atoms with Gasteiger partial charge in [0.15, 0.2) is 0 Å². The number of thiophene rings is 1. The number of nitrogens with one attached hydrogen (secondary N) is 1. The van der Waals surface area contributed by atoms with E-state index in [2.05, 4.69) is 10.4 Å². The summed E-state index contributed by atoms with van der Waals surface area (Å²) in [6.45, 7) is 1.26. The van der Waals surface area contributed by atoms with Crippen LogP contribution >= 0.6 is 22.9 Å². The van der Waals surface area contributed by atoms with Gasteiger partial charge in [-0.25, -0.2) is 4.39 Å². The molecule has 2 aromatic carbocycles. The minimum atomic E-state index is -0.614. The first-order valence-corrected chi connectivity index (χ1v) is 13.1. The topological polar surface area (TPSA) is 84.3 Å². The van der Waals surface area contributed by atoms with E-state index < -0.39 is 24.5 Å². The molecule has 1 aliphatic rings. The molecule has 0 saturated carbocycles. The van der Waals surface area contributed by atoms with Crippen molar-refractivity contribution in [3.8, 4) is 11.3 Å². The highest BCUT2D eigenvalue weighted by atomic mass is 35.5. The fourth-order valence-electron chi connectivity index (χ4n) is 4.71. The van der Waals surface area contributed by atoms with Crippen molar-refractivity contribution in [3.63, 3.8) is 0 Å². The predicted molar refractivity (Wildman–Crippen MR) is 144 cm³/mol. The zero-order chi connectivity index (χ0) is 27.0. The molecule has 7 nitrogen and oxygen atoms in total. The van der Waals surface area contributed by atoms with E-state index in [1.165, 1.54) is 11.3 Å². The lowest BCUT2D eigenvalue weighted by atomic mass is 10.0. The number of carbonyl (C=O) groups excluding carboxylic acids is 3. The van der Waals surface area contributed by atoms with E-state index in [-0.39, 0.29) is 12.5 Å². The number of amides is 3. The van der Waals surface area contributed by atoms with Gasteiger partial charge in [-0.1, -0.05) is 48.0 Å². The van der Waals surface area contributed by atoms with Gasteiger partial charge in [0.1, 0.15) is 6.67 Å². The summed E-state index contributed by atoms with van der Waals surface area (Å²) in [6, 6.07) is 14.8. The Balaban J connectivity index is 1.42. The van der Waals surface area contributed by atoms with Crippen molar-refractivity contribution in [2.45, 2.75) is 26.1 Å². The number of nitrogens with zero attached hydrogens (tertiary/aromatic N) is 3. The maximum Gasteiger partial charge on any atom is 0.261 e. The SMILES string of the molecule is Cc1sc(C(=O)N[C@@H](Cc2cccc(CF)c2)CN2C(=O)c3ccccc3C2=O)cc1-c1c(Cl)cnn1C. The number of carbonyl (C=O) groups is 3. The third kappa shape index (κ3) is 4.87. The van der Waals surface area contributed by atoms with E-state index in [9.17, 15) is 18.8 Å². The summed E-state index contributed by atoms with van der Waals surface area (Å²) in [5.41, 5.74) is 3.50. The smallest absolute Gasteiger partial charge is 0.261 e. The number of imide groups is 1. The van der Waals surface area contributed by atoms with E-state index >= 15 is 0 Å². The average Bonchev–Trinajstić information content (AvgIpc) is 3.53. The van der Waals surface area contributed by atoms with Gasteiger partial charge in [0.25, 0.3) is 17.7 Å². The third-order valence-corrected chi connectivity index (χ3v) is 7.86. The molecule has 0 bridgehead atoms. The van der Waals surface area contributed by atoms with Crippen molar-refractivity contribution >= 4 is 40.7 Å². The fourth-order valence-corrected chi connectivity index (χ4v) is 5.90.